The highest BCUT2D eigenvalue weighted by molar-refractivity contribution is 5.95. The van der Waals surface area contributed by atoms with Crippen LogP contribution in [0.1, 0.15) is 32.4 Å². The van der Waals surface area contributed by atoms with Gasteiger partial charge in [0.15, 0.2) is 5.82 Å². The minimum absolute atomic E-state index is 0. The second-order valence-electron chi connectivity index (χ2n) is 5.37. The summed E-state index contributed by atoms with van der Waals surface area (Å²) in [6.07, 6.45) is 3.68. The van der Waals surface area contributed by atoms with Gasteiger partial charge in [0.2, 0.25) is 0 Å². The molecule has 0 saturated heterocycles. The largest absolute Gasteiger partial charge is 0.508 e. The summed E-state index contributed by atoms with van der Waals surface area (Å²) in [5.74, 6) is 1.10. The van der Waals surface area contributed by atoms with E-state index in [-0.39, 0.29) is 7.19 Å². The number of rotatable bonds is 3. The average Bonchev–Trinajstić information content (AvgIpc) is 2.99. The lowest BCUT2D eigenvalue weighted by atomic mass is 10.1. The van der Waals surface area contributed by atoms with Crippen molar-refractivity contribution >= 4 is 16.7 Å². The number of benzene rings is 1. The van der Waals surface area contributed by atoms with Crippen molar-refractivity contribution in [3.63, 3.8) is 0 Å². The average molecular weight is 309 g/mol. The Kier molecular flexibility index (Phi) is 4.96. The zero-order valence-electron chi connectivity index (χ0n) is 13.5. The van der Waals surface area contributed by atoms with Gasteiger partial charge in [-0.1, -0.05) is 20.4 Å². The molecule has 23 heavy (non-hydrogen) atoms. The first-order valence-corrected chi connectivity index (χ1v) is 7.39. The van der Waals surface area contributed by atoms with E-state index >= 15 is 0 Å². The molecule has 4 heteroatoms. The first-order valence-electron chi connectivity index (χ1n) is 7.39. The monoisotopic (exact) mass is 309 g/mol. The van der Waals surface area contributed by atoms with Crippen molar-refractivity contribution in [3.05, 3.63) is 67.7 Å². The number of nitrogens with one attached hydrogen (secondary N) is 1. The molecule has 0 radical (unpaired) electrons. The van der Waals surface area contributed by atoms with Crippen LogP contribution < -0.4 is 0 Å². The lowest BCUT2D eigenvalue weighted by Gasteiger charge is -2.06. The number of H-pyrrole nitrogens is 1. The van der Waals surface area contributed by atoms with Gasteiger partial charge in [-0.15, -0.1) is 13.2 Å². The second kappa shape index (κ2) is 6.92. The zero-order valence-corrected chi connectivity index (χ0v) is 13.5. The molecule has 1 aromatic carbocycles. The number of aromatic nitrogens is 3. The lowest BCUT2D eigenvalue weighted by molar-refractivity contribution is 0.514. The summed E-state index contributed by atoms with van der Waals surface area (Å²) < 4.78 is 0. The van der Waals surface area contributed by atoms with Crippen molar-refractivity contribution in [1.29, 1.82) is 0 Å². The Bertz CT molecular complexity index is 839. The maximum atomic E-state index is 9.56. The number of nitrogens with zero attached hydrogens (tertiary/aromatic N) is 2. The number of hydrogen-bond acceptors (Lipinski definition) is 3. The van der Waals surface area contributed by atoms with E-state index in [2.05, 4.69) is 48.5 Å². The molecule has 4 nitrogen and oxygen atoms in total. The smallest absolute Gasteiger partial charge is 0.161 e. The number of aliphatic hydroxyl groups excluding tert-OH is 1. The van der Waals surface area contributed by atoms with Gasteiger partial charge in [0.05, 0.1) is 0 Å². The molecule has 0 spiro atoms. The van der Waals surface area contributed by atoms with Crippen molar-refractivity contribution in [3.8, 4) is 11.4 Å². The van der Waals surface area contributed by atoms with Gasteiger partial charge < -0.3 is 10.1 Å². The van der Waals surface area contributed by atoms with Gasteiger partial charge in [-0.05, 0) is 30.2 Å². The first kappa shape index (κ1) is 16.5. The molecule has 2 heterocycles. The topological polar surface area (TPSA) is 61.8 Å². The van der Waals surface area contributed by atoms with Crippen molar-refractivity contribution < 1.29 is 6.53 Å². The summed E-state index contributed by atoms with van der Waals surface area (Å²) in [6.45, 7) is 13.8. The van der Waals surface area contributed by atoms with Gasteiger partial charge in [-0.2, -0.15) is 0 Å². The fraction of sp³-hybridized carbons (Fsp3) is 0.158. The maximum absolute atomic E-state index is 9.56. The molecular weight excluding hydrogens is 286 g/mol. The van der Waals surface area contributed by atoms with Crippen molar-refractivity contribution in [2.24, 2.45) is 0 Å². The molecule has 0 fully saturated rings. The van der Waals surface area contributed by atoms with Gasteiger partial charge >= 0.3 is 0 Å². The number of aromatic amines is 1. The van der Waals surface area contributed by atoms with E-state index in [1.54, 1.807) is 6.20 Å². The maximum Gasteiger partial charge on any atom is 0.161 e. The number of aliphatic hydroxyl groups is 1. The fourth-order valence-electron chi connectivity index (χ4n) is 2.31. The summed E-state index contributed by atoms with van der Waals surface area (Å²) in [6, 6.07) is 7.58. The predicted molar refractivity (Wildman–Crippen MR) is 98.4 cm³/mol. The van der Waals surface area contributed by atoms with Crippen LogP contribution in [0, 0.1) is 0 Å². The minimum atomic E-state index is 0. The van der Waals surface area contributed by atoms with E-state index in [1.165, 1.54) is 0 Å². The third-order valence-corrected chi connectivity index (χ3v) is 3.52. The van der Waals surface area contributed by atoms with E-state index in [1.807, 2.05) is 30.5 Å². The second-order valence-corrected chi connectivity index (χ2v) is 5.37. The molecule has 0 bridgehead atoms. The Morgan fingerprint density at radius 1 is 1.26 bits per heavy atom. The van der Waals surface area contributed by atoms with Crippen LogP contribution in [-0.2, 0) is 0 Å². The van der Waals surface area contributed by atoms with E-state index in [0.29, 0.717) is 17.3 Å². The molecule has 0 saturated carbocycles. The molecule has 0 amide bonds. The molecule has 0 atom stereocenters. The van der Waals surface area contributed by atoms with Crippen LogP contribution in [0.3, 0.4) is 0 Å². The number of hydrogen-bond donors (Lipinski definition) is 2. The third kappa shape index (κ3) is 3.31. The van der Waals surface area contributed by atoms with Crippen LogP contribution in [0.2, 0.25) is 0 Å². The van der Waals surface area contributed by atoms with Crippen molar-refractivity contribution in [1.82, 2.24) is 15.0 Å². The van der Waals surface area contributed by atoms with E-state index in [4.69, 9.17) is 0 Å². The molecule has 0 unspecified atom stereocenters. The van der Waals surface area contributed by atoms with E-state index in [0.717, 1.165) is 22.2 Å². The Balaban J connectivity index is 0.000000925. The van der Waals surface area contributed by atoms with Crippen molar-refractivity contribution in [2.45, 2.75) is 19.8 Å². The normalized spacial score (nSPS) is 10.4. The quantitative estimate of drug-likeness (QED) is 0.508. The molecular formula is C19H23N3O. The summed E-state index contributed by atoms with van der Waals surface area (Å²) in [7, 11) is 0. The predicted octanol–water partition coefficient (Wildman–Crippen LogP) is 5.33. The lowest BCUT2D eigenvalue weighted by Crippen LogP contribution is -1.96. The van der Waals surface area contributed by atoms with Crippen LogP contribution in [-0.4, -0.2) is 20.1 Å². The fourth-order valence-corrected chi connectivity index (χ4v) is 2.31. The van der Waals surface area contributed by atoms with Gasteiger partial charge in [0.1, 0.15) is 5.76 Å². The third-order valence-electron chi connectivity index (χ3n) is 3.52. The number of fused-ring (bicyclic) bond motifs is 1. The van der Waals surface area contributed by atoms with Crippen LogP contribution in [0.25, 0.3) is 28.0 Å². The molecule has 0 aliphatic heterocycles. The molecule has 120 valence electrons. The molecule has 2 N–H and O–H groups in total. The first-order chi connectivity index (χ1) is 11.1. The van der Waals surface area contributed by atoms with Crippen LogP contribution in [0.15, 0.2) is 56.4 Å². The standard InChI is InChI=1S/C17H17N3O.C2H4.H2/c1-10(2)15-6-7-18-17(20-15)14-9-19-16-5-4-12(11(3)21)8-13(14)16;1-2;/h4-10,19,21H,3H2,1-2H3;1-2H2;1H. The highest BCUT2D eigenvalue weighted by atomic mass is 16.3. The van der Waals surface area contributed by atoms with Crippen LogP contribution in [0.4, 0.5) is 0 Å². The van der Waals surface area contributed by atoms with E-state index in [9.17, 15) is 5.11 Å². The van der Waals surface area contributed by atoms with E-state index < -0.39 is 0 Å². The van der Waals surface area contributed by atoms with Gasteiger partial charge in [-0.3, -0.25) is 0 Å². The highest BCUT2D eigenvalue weighted by Gasteiger charge is 2.11. The summed E-state index contributed by atoms with van der Waals surface area (Å²) >= 11 is 0. The van der Waals surface area contributed by atoms with Crippen LogP contribution in [0.5, 0.6) is 0 Å². The zero-order chi connectivity index (χ0) is 17.0. The Morgan fingerprint density at radius 2 is 2.00 bits per heavy atom. The molecule has 0 aliphatic carbocycles. The van der Waals surface area contributed by atoms with Gasteiger partial charge in [0.25, 0.3) is 0 Å². The van der Waals surface area contributed by atoms with Crippen molar-refractivity contribution in [2.75, 3.05) is 0 Å². The molecule has 0 aliphatic rings. The summed E-state index contributed by atoms with van der Waals surface area (Å²) in [4.78, 5) is 12.2. The highest BCUT2D eigenvalue weighted by Crippen LogP contribution is 2.28. The van der Waals surface area contributed by atoms with Gasteiger partial charge in [0, 0.05) is 41.5 Å². The summed E-state index contributed by atoms with van der Waals surface area (Å²) in [5, 5.41) is 10.5. The van der Waals surface area contributed by atoms with Gasteiger partial charge in [-0.25, -0.2) is 9.97 Å². The Labute approximate surface area is 137 Å². The SMILES string of the molecule is C=C.C=C(O)c1ccc2[nH]cc(-c3nccc(C(C)C)n3)c2c1.[HH]. The molecule has 3 rings (SSSR count). The Hall–Kier alpha value is -2.88. The van der Waals surface area contributed by atoms with Crippen LogP contribution >= 0.6 is 0 Å². The Morgan fingerprint density at radius 3 is 2.65 bits per heavy atom. The molecule has 2 aromatic heterocycles. The molecule has 3 aromatic rings. The minimum Gasteiger partial charge on any atom is -0.508 e. The summed E-state index contributed by atoms with van der Waals surface area (Å²) in [5.41, 5.74) is 3.62.